The highest BCUT2D eigenvalue weighted by Gasteiger charge is 2.32. The van der Waals surface area contributed by atoms with Crippen LogP contribution in [0.1, 0.15) is 17.5 Å². The molecule has 34 heavy (non-hydrogen) atoms. The summed E-state index contributed by atoms with van der Waals surface area (Å²) in [5, 5.41) is 14.0. The topological polar surface area (TPSA) is 92.2 Å². The summed E-state index contributed by atoms with van der Waals surface area (Å²) >= 11 is 7.35. The molecule has 1 saturated heterocycles. The first-order valence-corrected chi connectivity index (χ1v) is 11.7. The molecule has 9 heteroatoms. The van der Waals surface area contributed by atoms with E-state index in [-0.39, 0.29) is 18.2 Å². The van der Waals surface area contributed by atoms with Crippen LogP contribution in [0.3, 0.4) is 0 Å². The van der Waals surface area contributed by atoms with Gasteiger partial charge >= 0.3 is 0 Å². The number of anilines is 1. The van der Waals surface area contributed by atoms with Gasteiger partial charge in [0.1, 0.15) is 17.6 Å². The predicted molar refractivity (Wildman–Crippen MR) is 136 cm³/mol. The molecule has 2 amide bonds. The molecule has 0 bridgehead atoms. The quantitative estimate of drug-likeness (QED) is 0.346. The molecule has 1 heterocycles. The van der Waals surface area contributed by atoms with Gasteiger partial charge in [-0.2, -0.15) is 5.10 Å². The highest BCUT2D eigenvalue weighted by molar-refractivity contribution is 8.15. The molecule has 0 saturated carbocycles. The Kier molecular flexibility index (Phi) is 7.95. The van der Waals surface area contributed by atoms with Crippen LogP contribution in [0.15, 0.2) is 89.1 Å². The number of benzene rings is 3. The van der Waals surface area contributed by atoms with E-state index in [0.29, 0.717) is 28.2 Å². The molecule has 172 valence electrons. The summed E-state index contributed by atoms with van der Waals surface area (Å²) in [6, 6.07) is 24.0. The lowest BCUT2D eigenvalue weighted by Gasteiger charge is -2.08. The lowest BCUT2D eigenvalue weighted by Crippen LogP contribution is -2.28. The van der Waals surface area contributed by atoms with Crippen LogP contribution in [-0.2, 0) is 16.2 Å². The van der Waals surface area contributed by atoms with Gasteiger partial charge in [-0.05, 0) is 35.9 Å². The van der Waals surface area contributed by atoms with Gasteiger partial charge in [0, 0.05) is 22.7 Å². The van der Waals surface area contributed by atoms with E-state index in [0.717, 1.165) is 11.1 Å². The maximum absolute atomic E-state index is 12.2. The largest absolute Gasteiger partial charge is 0.489 e. The smallest absolute Gasteiger partial charge is 0.240 e. The van der Waals surface area contributed by atoms with E-state index in [1.54, 1.807) is 18.3 Å². The van der Waals surface area contributed by atoms with Crippen LogP contribution in [-0.4, -0.2) is 28.4 Å². The molecule has 0 aliphatic carbocycles. The number of amidine groups is 1. The highest BCUT2D eigenvalue weighted by atomic mass is 35.5. The molecule has 1 unspecified atom stereocenters. The zero-order valence-electron chi connectivity index (χ0n) is 18.0. The number of thioether (sulfide) groups is 1. The van der Waals surface area contributed by atoms with Gasteiger partial charge in [-0.15, -0.1) is 5.10 Å². The molecule has 3 aromatic rings. The molecular weight excluding hydrogens is 472 g/mol. The molecule has 3 aromatic carbocycles. The number of hydrogen-bond acceptors (Lipinski definition) is 6. The van der Waals surface area contributed by atoms with Crippen molar-refractivity contribution in [2.45, 2.75) is 18.3 Å². The van der Waals surface area contributed by atoms with E-state index in [4.69, 9.17) is 16.3 Å². The lowest BCUT2D eigenvalue weighted by atomic mass is 10.2. The number of rotatable bonds is 8. The van der Waals surface area contributed by atoms with Crippen LogP contribution in [0.4, 0.5) is 5.69 Å². The molecule has 0 spiro atoms. The Balaban J connectivity index is 1.30. The number of hydrogen-bond donors (Lipinski definition) is 2. The van der Waals surface area contributed by atoms with Crippen LogP contribution in [0, 0.1) is 0 Å². The molecule has 2 N–H and O–H groups in total. The normalized spacial score (nSPS) is 16.6. The molecule has 4 rings (SSSR count). The van der Waals surface area contributed by atoms with Crippen molar-refractivity contribution in [3.05, 3.63) is 95.0 Å². The van der Waals surface area contributed by atoms with Gasteiger partial charge in [-0.25, -0.2) is 0 Å². The van der Waals surface area contributed by atoms with Gasteiger partial charge in [0.25, 0.3) is 0 Å². The van der Waals surface area contributed by atoms with Crippen LogP contribution in [0.5, 0.6) is 5.75 Å². The molecule has 1 atom stereocenters. The van der Waals surface area contributed by atoms with Crippen molar-refractivity contribution in [2.75, 3.05) is 5.32 Å². The SMILES string of the molecule is O=C(CC1S/C(=N/N=C/c2cccc(OCc3ccccc3Cl)c2)NC1=O)Nc1ccccc1. The van der Waals surface area contributed by atoms with E-state index >= 15 is 0 Å². The highest BCUT2D eigenvalue weighted by Crippen LogP contribution is 2.23. The van der Waals surface area contributed by atoms with Gasteiger partial charge in [-0.3, -0.25) is 9.59 Å². The maximum atomic E-state index is 12.2. The number of para-hydroxylation sites is 1. The molecule has 0 radical (unpaired) electrons. The third kappa shape index (κ3) is 6.69. The average Bonchev–Trinajstić information content (AvgIpc) is 3.18. The Morgan fingerprint density at radius 3 is 2.71 bits per heavy atom. The minimum Gasteiger partial charge on any atom is -0.489 e. The van der Waals surface area contributed by atoms with Crippen molar-refractivity contribution < 1.29 is 14.3 Å². The molecule has 1 aliphatic heterocycles. The minimum atomic E-state index is -0.556. The summed E-state index contributed by atoms with van der Waals surface area (Å²) in [6.07, 6.45) is 1.61. The van der Waals surface area contributed by atoms with Gasteiger partial charge in [0.15, 0.2) is 5.17 Å². The van der Waals surface area contributed by atoms with Gasteiger partial charge < -0.3 is 15.4 Å². The van der Waals surface area contributed by atoms with Crippen LogP contribution >= 0.6 is 23.4 Å². The predicted octanol–water partition coefficient (Wildman–Crippen LogP) is 4.87. The zero-order chi connectivity index (χ0) is 23.8. The number of carbonyl (C=O) groups is 2. The zero-order valence-corrected chi connectivity index (χ0v) is 19.6. The van der Waals surface area contributed by atoms with E-state index in [9.17, 15) is 9.59 Å². The molecule has 1 fully saturated rings. The second-order valence-electron chi connectivity index (χ2n) is 7.32. The van der Waals surface area contributed by atoms with Crippen molar-refractivity contribution in [1.82, 2.24) is 5.32 Å². The fourth-order valence-corrected chi connectivity index (χ4v) is 4.21. The molecule has 7 nitrogen and oxygen atoms in total. The molecular formula is C25H21ClN4O3S. The van der Waals surface area contributed by atoms with Crippen LogP contribution in [0.25, 0.3) is 0 Å². The van der Waals surface area contributed by atoms with E-state index in [1.165, 1.54) is 11.8 Å². The Morgan fingerprint density at radius 1 is 1.09 bits per heavy atom. The monoisotopic (exact) mass is 492 g/mol. The van der Waals surface area contributed by atoms with Crippen LogP contribution < -0.4 is 15.4 Å². The van der Waals surface area contributed by atoms with E-state index < -0.39 is 5.25 Å². The number of amides is 2. The van der Waals surface area contributed by atoms with Gasteiger partial charge in [-0.1, -0.05) is 71.9 Å². The first-order chi connectivity index (χ1) is 16.6. The molecule has 1 aliphatic rings. The first-order valence-electron chi connectivity index (χ1n) is 10.5. The summed E-state index contributed by atoms with van der Waals surface area (Å²) < 4.78 is 5.82. The fraction of sp³-hybridized carbons (Fsp3) is 0.120. The van der Waals surface area contributed by atoms with E-state index in [1.807, 2.05) is 66.7 Å². The Labute approximate surface area is 206 Å². The van der Waals surface area contributed by atoms with Crippen molar-refractivity contribution in [3.63, 3.8) is 0 Å². The number of nitrogens with zero attached hydrogens (tertiary/aromatic N) is 2. The fourth-order valence-electron chi connectivity index (χ4n) is 3.10. The van der Waals surface area contributed by atoms with Crippen molar-refractivity contribution in [1.29, 1.82) is 0 Å². The van der Waals surface area contributed by atoms with E-state index in [2.05, 4.69) is 20.8 Å². The lowest BCUT2D eigenvalue weighted by molar-refractivity contribution is -0.122. The average molecular weight is 493 g/mol. The van der Waals surface area contributed by atoms with Crippen LogP contribution in [0.2, 0.25) is 5.02 Å². The molecule has 0 aromatic heterocycles. The second kappa shape index (κ2) is 11.5. The number of nitrogens with one attached hydrogen (secondary N) is 2. The third-order valence-electron chi connectivity index (χ3n) is 4.77. The summed E-state index contributed by atoms with van der Waals surface area (Å²) in [7, 11) is 0. The second-order valence-corrected chi connectivity index (χ2v) is 8.92. The Bertz CT molecular complexity index is 1230. The first kappa shape index (κ1) is 23.5. The van der Waals surface area contributed by atoms with Crippen molar-refractivity contribution in [3.8, 4) is 5.75 Å². The summed E-state index contributed by atoms with van der Waals surface area (Å²) in [6.45, 7) is 0.352. The van der Waals surface area contributed by atoms with Gasteiger partial charge in [0.2, 0.25) is 11.8 Å². The van der Waals surface area contributed by atoms with Gasteiger partial charge in [0.05, 0.1) is 6.21 Å². The third-order valence-corrected chi connectivity index (χ3v) is 6.21. The summed E-state index contributed by atoms with van der Waals surface area (Å²) in [4.78, 5) is 24.4. The number of carbonyl (C=O) groups excluding carboxylic acids is 2. The van der Waals surface area contributed by atoms with Crippen molar-refractivity contribution >= 4 is 52.2 Å². The number of ether oxygens (including phenoxy) is 1. The standard InChI is InChI=1S/C25H21ClN4O3S/c26-21-12-5-4-8-18(21)16-33-20-11-6-7-17(13-20)15-27-30-25-29-24(32)22(34-25)14-23(31)28-19-9-2-1-3-10-19/h1-13,15,22H,14,16H2,(H,28,31)(H,29,30,32)/b27-15+. The Hall–Kier alpha value is -3.62. The number of halogens is 1. The summed E-state index contributed by atoms with van der Waals surface area (Å²) in [5.74, 6) is 0.166. The minimum absolute atomic E-state index is 0.0406. The van der Waals surface area contributed by atoms with Crippen molar-refractivity contribution in [2.24, 2.45) is 10.2 Å². The summed E-state index contributed by atoms with van der Waals surface area (Å²) in [5.41, 5.74) is 2.37. The Morgan fingerprint density at radius 2 is 1.88 bits per heavy atom. The maximum Gasteiger partial charge on any atom is 0.240 e.